The number of hydrogen-bond donors (Lipinski definition) is 2. The number of pyridine rings is 1. The molecule has 98 valence electrons. The van der Waals surface area contributed by atoms with Crippen LogP contribution in [-0.2, 0) is 9.59 Å². The number of carbonyl (C=O) groups is 2. The number of carboxylic acid groups (broad SMARTS) is 1. The molecule has 0 aliphatic carbocycles. The van der Waals surface area contributed by atoms with Gasteiger partial charge in [0.05, 0.1) is 5.92 Å². The Bertz CT molecular complexity index is 404. The van der Waals surface area contributed by atoms with E-state index in [1.54, 1.807) is 24.4 Å². The lowest BCUT2D eigenvalue weighted by Gasteiger charge is -2.15. The van der Waals surface area contributed by atoms with E-state index in [0.717, 1.165) is 0 Å². The fourth-order valence-corrected chi connectivity index (χ4v) is 1.67. The third-order valence-corrected chi connectivity index (χ3v) is 2.74. The maximum absolute atomic E-state index is 11.6. The van der Waals surface area contributed by atoms with Crippen molar-refractivity contribution in [3.05, 3.63) is 24.4 Å². The number of carbonyl (C=O) groups excluding carboxylic acids is 1. The zero-order chi connectivity index (χ0) is 13.5. The van der Waals surface area contributed by atoms with Crippen molar-refractivity contribution in [2.24, 2.45) is 11.8 Å². The number of nitrogens with zero attached hydrogens (tertiary/aromatic N) is 1. The fourth-order valence-electron chi connectivity index (χ4n) is 1.67. The highest BCUT2D eigenvalue weighted by Crippen LogP contribution is 2.17. The highest BCUT2D eigenvalue weighted by molar-refractivity contribution is 5.89. The first-order valence-electron chi connectivity index (χ1n) is 5.94. The van der Waals surface area contributed by atoms with Crippen LogP contribution >= 0.6 is 0 Å². The summed E-state index contributed by atoms with van der Waals surface area (Å²) in [6.07, 6.45) is 2.11. The molecule has 0 bridgehead atoms. The van der Waals surface area contributed by atoms with Crippen LogP contribution in [0.2, 0.25) is 0 Å². The van der Waals surface area contributed by atoms with Gasteiger partial charge in [-0.25, -0.2) is 4.98 Å². The van der Waals surface area contributed by atoms with Crippen molar-refractivity contribution >= 4 is 17.7 Å². The number of amides is 1. The van der Waals surface area contributed by atoms with Crippen LogP contribution in [0, 0.1) is 11.8 Å². The standard InChI is InChI=1S/C13H18N2O3/c1-9(2)10(13(17)18)6-7-12(16)15-11-5-3-4-8-14-11/h3-5,8-10H,6-7H2,1-2H3,(H,17,18)(H,14,15,16)/t10-/m1/s1. The Kier molecular flexibility index (Phi) is 5.30. The van der Waals surface area contributed by atoms with Gasteiger partial charge in [-0.3, -0.25) is 9.59 Å². The lowest BCUT2D eigenvalue weighted by Crippen LogP contribution is -2.22. The van der Waals surface area contributed by atoms with Gasteiger partial charge in [0.15, 0.2) is 0 Å². The minimum atomic E-state index is -0.851. The van der Waals surface area contributed by atoms with E-state index >= 15 is 0 Å². The zero-order valence-electron chi connectivity index (χ0n) is 10.6. The maximum atomic E-state index is 11.6. The summed E-state index contributed by atoms with van der Waals surface area (Å²) in [5.41, 5.74) is 0. The molecule has 1 aromatic rings. The van der Waals surface area contributed by atoms with Gasteiger partial charge < -0.3 is 10.4 Å². The number of carboxylic acids is 1. The van der Waals surface area contributed by atoms with Crippen LogP contribution in [0.15, 0.2) is 24.4 Å². The Morgan fingerprint density at radius 2 is 2.11 bits per heavy atom. The maximum Gasteiger partial charge on any atom is 0.306 e. The van der Waals surface area contributed by atoms with Crippen molar-refractivity contribution in [1.82, 2.24) is 4.98 Å². The first-order chi connectivity index (χ1) is 8.50. The topological polar surface area (TPSA) is 79.3 Å². The number of rotatable bonds is 6. The van der Waals surface area contributed by atoms with Gasteiger partial charge in [-0.15, -0.1) is 0 Å². The van der Waals surface area contributed by atoms with Gasteiger partial charge in [-0.05, 0) is 24.5 Å². The molecule has 1 atom stereocenters. The molecule has 18 heavy (non-hydrogen) atoms. The van der Waals surface area contributed by atoms with Gasteiger partial charge in [0.25, 0.3) is 0 Å². The Morgan fingerprint density at radius 1 is 1.39 bits per heavy atom. The normalized spacial score (nSPS) is 12.2. The first kappa shape index (κ1) is 14.2. The van der Waals surface area contributed by atoms with Crippen molar-refractivity contribution in [2.45, 2.75) is 26.7 Å². The van der Waals surface area contributed by atoms with E-state index < -0.39 is 11.9 Å². The molecule has 5 heteroatoms. The SMILES string of the molecule is CC(C)[C@@H](CCC(=O)Nc1ccccn1)C(=O)O. The Hall–Kier alpha value is -1.91. The molecule has 1 amide bonds. The summed E-state index contributed by atoms with van der Waals surface area (Å²) in [7, 11) is 0. The summed E-state index contributed by atoms with van der Waals surface area (Å²) in [5.74, 6) is -1.04. The first-order valence-corrected chi connectivity index (χ1v) is 5.94. The summed E-state index contributed by atoms with van der Waals surface area (Å²) in [6, 6.07) is 5.22. The average molecular weight is 250 g/mol. The molecule has 0 spiro atoms. The van der Waals surface area contributed by atoms with Crippen molar-refractivity contribution in [1.29, 1.82) is 0 Å². The van der Waals surface area contributed by atoms with Gasteiger partial charge in [0.1, 0.15) is 5.82 Å². The van der Waals surface area contributed by atoms with Crippen molar-refractivity contribution in [3.63, 3.8) is 0 Å². The number of anilines is 1. The Balaban J connectivity index is 2.44. The Morgan fingerprint density at radius 3 is 2.61 bits per heavy atom. The van der Waals surface area contributed by atoms with Gasteiger partial charge in [0, 0.05) is 12.6 Å². The second kappa shape index (κ2) is 6.74. The van der Waals surface area contributed by atoms with Gasteiger partial charge in [0.2, 0.25) is 5.91 Å². The lowest BCUT2D eigenvalue weighted by molar-refractivity contribution is -0.143. The number of nitrogens with one attached hydrogen (secondary N) is 1. The van der Waals surface area contributed by atoms with E-state index in [-0.39, 0.29) is 18.2 Å². The van der Waals surface area contributed by atoms with Crippen LogP contribution in [0.4, 0.5) is 5.82 Å². The molecule has 1 aromatic heterocycles. The van der Waals surface area contributed by atoms with E-state index in [4.69, 9.17) is 5.11 Å². The van der Waals surface area contributed by atoms with Gasteiger partial charge >= 0.3 is 5.97 Å². The molecule has 5 nitrogen and oxygen atoms in total. The lowest BCUT2D eigenvalue weighted by atomic mass is 9.91. The summed E-state index contributed by atoms with van der Waals surface area (Å²) in [4.78, 5) is 26.6. The van der Waals surface area contributed by atoms with E-state index in [0.29, 0.717) is 12.2 Å². The van der Waals surface area contributed by atoms with Crippen molar-refractivity contribution < 1.29 is 14.7 Å². The molecule has 0 aliphatic heterocycles. The van der Waals surface area contributed by atoms with Crippen LogP contribution in [0.25, 0.3) is 0 Å². The molecule has 0 saturated carbocycles. The second-order valence-corrected chi connectivity index (χ2v) is 4.49. The van der Waals surface area contributed by atoms with Gasteiger partial charge in [-0.1, -0.05) is 19.9 Å². The molecule has 0 saturated heterocycles. The molecule has 0 unspecified atom stereocenters. The summed E-state index contributed by atoms with van der Waals surface area (Å²) >= 11 is 0. The van der Waals surface area contributed by atoms with E-state index in [2.05, 4.69) is 10.3 Å². The number of hydrogen-bond acceptors (Lipinski definition) is 3. The van der Waals surface area contributed by atoms with Crippen molar-refractivity contribution in [2.75, 3.05) is 5.32 Å². The second-order valence-electron chi connectivity index (χ2n) is 4.49. The van der Waals surface area contributed by atoms with Crippen LogP contribution in [-0.4, -0.2) is 22.0 Å². The molecule has 1 rings (SSSR count). The minimum Gasteiger partial charge on any atom is -0.481 e. The molecular formula is C13H18N2O3. The van der Waals surface area contributed by atoms with Crippen LogP contribution in [0.1, 0.15) is 26.7 Å². The number of aliphatic carboxylic acids is 1. The molecule has 0 radical (unpaired) electrons. The van der Waals surface area contributed by atoms with E-state index in [9.17, 15) is 9.59 Å². The van der Waals surface area contributed by atoms with E-state index in [1.165, 1.54) is 0 Å². The molecule has 2 N–H and O–H groups in total. The van der Waals surface area contributed by atoms with Crippen LogP contribution < -0.4 is 5.32 Å². The highest BCUT2D eigenvalue weighted by atomic mass is 16.4. The molecular weight excluding hydrogens is 232 g/mol. The van der Waals surface area contributed by atoms with Crippen LogP contribution in [0.3, 0.4) is 0 Å². The summed E-state index contributed by atoms with van der Waals surface area (Å²) in [6.45, 7) is 3.69. The monoisotopic (exact) mass is 250 g/mol. The zero-order valence-corrected chi connectivity index (χ0v) is 10.6. The fraction of sp³-hybridized carbons (Fsp3) is 0.462. The highest BCUT2D eigenvalue weighted by Gasteiger charge is 2.22. The predicted octanol–water partition coefficient (Wildman–Crippen LogP) is 2.16. The predicted molar refractivity (Wildman–Crippen MR) is 68.1 cm³/mol. The minimum absolute atomic E-state index is 0.0187. The Labute approximate surface area is 106 Å². The third-order valence-electron chi connectivity index (χ3n) is 2.74. The molecule has 0 fully saturated rings. The number of aromatic nitrogens is 1. The summed E-state index contributed by atoms with van der Waals surface area (Å²) < 4.78 is 0. The smallest absolute Gasteiger partial charge is 0.306 e. The van der Waals surface area contributed by atoms with Crippen molar-refractivity contribution in [3.8, 4) is 0 Å². The third kappa shape index (κ3) is 4.53. The quantitative estimate of drug-likeness (QED) is 0.810. The average Bonchev–Trinajstić information content (AvgIpc) is 2.29. The largest absolute Gasteiger partial charge is 0.481 e. The molecule has 0 aliphatic rings. The van der Waals surface area contributed by atoms with E-state index in [1.807, 2.05) is 13.8 Å². The molecule has 1 heterocycles. The summed E-state index contributed by atoms with van der Waals surface area (Å²) in [5, 5.41) is 11.6. The van der Waals surface area contributed by atoms with Crippen LogP contribution in [0.5, 0.6) is 0 Å². The van der Waals surface area contributed by atoms with Gasteiger partial charge in [-0.2, -0.15) is 0 Å². The molecule has 0 aromatic carbocycles.